The highest BCUT2D eigenvalue weighted by Gasteiger charge is 2.18. The fourth-order valence-corrected chi connectivity index (χ4v) is 2.73. The van der Waals surface area contributed by atoms with Gasteiger partial charge < -0.3 is 5.32 Å². The van der Waals surface area contributed by atoms with Gasteiger partial charge in [-0.25, -0.2) is 4.39 Å². The summed E-state index contributed by atoms with van der Waals surface area (Å²) in [6.07, 6.45) is 7.58. The zero-order valence-electron chi connectivity index (χ0n) is 10.6. The second-order valence-corrected chi connectivity index (χ2v) is 5.02. The monoisotopic (exact) mass is 235 g/mol. The van der Waals surface area contributed by atoms with E-state index in [0.717, 1.165) is 12.0 Å². The summed E-state index contributed by atoms with van der Waals surface area (Å²) in [6, 6.07) is 7.91. The molecular weight excluding hydrogens is 213 g/mol. The Morgan fingerprint density at radius 1 is 1.29 bits per heavy atom. The van der Waals surface area contributed by atoms with Crippen LogP contribution >= 0.6 is 0 Å². The van der Waals surface area contributed by atoms with Crippen LogP contribution in [0, 0.1) is 5.82 Å². The first-order valence-electron chi connectivity index (χ1n) is 6.81. The van der Waals surface area contributed by atoms with Gasteiger partial charge in [0.2, 0.25) is 0 Å². The third kappa shape index (κ3) is 3.53. The first kappa shape index (κ1) is 12.6. The molecule has 0 aromatic heterocycles. The highest BCUT2D eigenvalue weighted by atomic mass is 19.1. The molecule has 0 aliphatic heterocycles. The van der Waals surface area contributed by atoms with Gasteiger partial charge in [0.05, 0.1) is 0 Å². The number of hydrogen-bond donors (Lipinski definition) is 1. The van der Waals surface area contributed by atoms with Crippen LogP contribution in [0.2, 0.25) is 0 Å². The van der Waals surface area contributed by atoms with Crippen molar-refractivity contribution in [3.05, 3.63) is 35.6 Å². The van der Waals surface area contributed by atoms with Gasteiger partial charge in [0.1, 0.15) is 5.82 Å². The van der Waals surface area contributed by atoms with Crippen LogP contribution in [0.5, 0.6) is 0 Å². The number of nitrogens with one attached hydrogen (secondary N) is 1. The quantitative estimate of drug-likeness (QED) is 0.824. The van der Waals surface area contributed by atoms with E-state index in [4.69, 9.17) is 0 Å². The van der Waals surface area contributed by atoms with Crippen LogP contribution in [0.1, 0.15) is 57.1 Å². The Morgan fingerprint density at radius 2 is 2.06 bits per heavy atom. The van der Waals surface area contributed by atoms with Crippen LogP contribution < -0.4 is 5.32 Å². The van der Waals surface area contributed by atoms with Gasteiger partial charge in [-0.3, -0.25) is 0 Å². The second kappa shape index (κ2) is 6.15. The first-order valence-corrected chi connectivity index (χ1v) is 6.81. The molecule has 94 valence electrons. The second-order valence-electron chi connectivity index (χ2n) is 5.02. The molecule has 1 aliphatic rings. The van der Waals surface area contributed by atoms with Crippen molar-refractivity contribution in [2.75, 3.05) is 0 Å². The van der Waals surface area contributed by atoms with Crippen molar-refractivity contribution in [3.63, 3.8) is 0 Å². The maximum Gasteiger partial charge on any atom is 0.123 e. The lowest BCUT2D eigenvalue weighted by atomic mass is 9.93. The van der Waals surface area contributed by atoms with Crippen molar-refractivity contribution in [1.82, 2.24) is 5.32 Å². The fraction of sp³-hybridized carbons (Fsp3) is 0.600. The van der Waals surface area contributed by atoms with Crippen LogP contribution in [-0.4, -0.2) is 6.04 Å². The van der Waals surface area contributed by atoms with E-state index in [-0.39, 0.29) is 5.82 Å². The third-order valence-corrected chi connectivity index (χ3v) is 3.70. The van der Waals surface area contributed by atoms with Gasteiger partial charge in [-0.2, -0.15) is 0 Å². The van der Waals surface area contributed by atoms with Crippen molar-refractivity contribution in [1.29, 1.82) is 0 Å². The van der Waals surface area contributed by atoms with Crippen molar-refractivity contribution in [3.8, 4) is 0 Å². The van der Waals surface area contributed by atoms with Gasteiger partial charge in [0, 0.05) is 12.1 Å². The number of benzene rings is 1. The Kier molecular flexibility index (Phi) is 4.55. The predicted molar refractivity (Wildman–Crippen MR) is 69.4 cm³/mol. The molecule has 0 spiro atoms. The van der Waals surface area contributed by atoms with E-state index in [9.17, 15) is 4.39 Å². The summed E-state index contributed by atoms with van der Waals surface area (Å²) in [5, 5.41) is 3.68. The molecule has 0 radical (unpaired) electrons. The molecule has 0 heterocycles. The molecular formula is C15H22FN. The maximum atomic E-state index is 13.2. The van der Waals surface area contributed by atoms with E-state index in [1.165, 1.54) is 38.2 Å². The molecule has 0 bridgehead atoms. The largest absolute Gasteiger partial charge is 0.307 e. The number of hydrogen-bond acceptors (Lipinski definition) is 1. The van der Waals surface area contributed by atoms with Crippen molar-refractivity contribution in [2.24, 2.45) is 0 Å². The predicted octanol–water partition coefficient (Wildman–Crippen LogP) is 4.20. The Labute approximate surface area is 103 Å². The Hall–Kier alpha value is -0.890. The molecule has 1 unspecified atom stereocenters. The highest BCUT2D eigenvalue weighted by molar-refractivity contribution is 5.20. The molecule has 1 N–H and O–H groups in total. The Bertz CT molecular complexity index is 345. The lowest BCUT2D eigenvalue weighted by molar-refractivity contribution is 0.334. The lowest BCUT2D eigenvalue weighted by Crippen LogP contribution is -2.34. The van der Waals surface area contributed by atoms with E-state index >= 15 is 0 Å². The maximum absolute atomic E-state index is 13.2. The fourth-order valence-electron chi connectivity index (χ4n) is 2.73. The van der Waals surface area contributed by atoms with Gasteiger partial charge in [-0.05, 0) is 37.0 Å². The topological polar surface area (TPSA) is 12.0 Å². The first-order chi connectivity index (χ1) is 8.29. The van der Waals surface area contributed by atoms with E-state index in [0.29, 0.717) is 12.1 Å². The van der Waals surface area contributed by atoms with Crippen molar-refractivity contribution < 1.29 is 4.39 Å². The molecule has 2 heteroatoms. The summed E-state index contributed by atoms with van der Waals surface area (Å²) >= 11 is 0. The molecule has 1 fully saturated rings. The molecule has 17 heavy (non-hydrogen) atoms. The summed E-state index contributed by atoms with van der Waals surface area (Å²) in [5.41, 5.74) is 1.08. The summed E-state index contributed by atoms with van der Waals surface area (Å²) < 4.78 is 13.2. The summed E-state index contributed by atoms with van der Waals surface area (Å²) in [6.45, 7) is 2.16. The van der Waals surface area contributed by atoms with Crippen LogP contribution in [-0.2, 0) is 0 Å². The van der Waals surface area contributed by atoms with E-state index in [1.807, 2.05) is 6.07 Å². The van der Waals surface area contributed by atoms with Crippen LogP contribution in [0.25, 0.3) is 0 Å². The standard InChI is InChI=1S/C15H22FN/c1-2-15(12-7-6-8-13(16)11-12)17-14-9-4-3-5-10-14/h6-8,11,14-15,17H,2-5,9-10H2,1H3. The molecule has 1 atom stereocenters. The van der Waals surface area contributed by atoms with E-state index in [2.05, 4.69) is 12.2 Å². The van der Waals surface area contributed by atoms with Gasteiger partial charge in [-0.1, -0.05) is 38.3 Å². The van der Waals surface area contributed by atoms with E-state index < -0.39 is 0 Å². The molecule has 0 saturated heterocycles. The number of rotatable bonds is 4. The normalized spacial score (nSPS) is 19.2. The van der Waals surface area contributed by atoms with Crippen LogP contribution in [0.4, 0.5) is 4.39 Å². The minimum Gasteiger partial charge on any atom is -0.307 e. The van der Waals surface area contributed by atoms with Gasteiger partial charge >= 0.3 is 0 Å². The molecule has 1 aromatic rings. The molecule has 1 aliphatic carbocycles. The van der Waals surface area contributed by atoms with Crippen molar-refractivity contribution >= 4 is 0 Å². The zero-order valence-corrected chi connectivity index (χ0v) is 10.6. The number of halogens is 1. The van der Waals surface area contributed by atoms with Gasteiger partial charge in [-0.15, -0.1) is 0 Å². The summed E-state index contributed by atoms with van der Waals surface area (Å²) in [5.74, 6) is -0.133. The molecule has 2 rings (SSSR count). The molecule has 1 nitrogen and oxygen atoms in total. The summed E-state index contributed by atoms with van der Waals surface area (Å²) in [7, 11) is 0. The van der Waals surface area contributed by atoms with Gasteiger partial charge in [0.15, 0.2) is 0 Å². The Balaban J connectivity index is 2.00. The smallest absolute Gasteiger partial charge is 0.123 e. The molecule has 1 aromatic carbocycles. The average Bonchev–Trinajstić information content (AvgIpc) is 2.37. The molecule has 0 amide bonds. The Morgan fingerprint density at radius 3 is 2.71 bits per heavy atom. The van der Waals surface area contributed by atoms with Crippen LogP contribution in [0.3, 0.4) is 0 Å². The SMILES string of the molecule is CCC(NC1CCCCC1)c1cccc(F)c1. The lowest BCUT2D eigenvalue weighted by Gasteiger charge is -2.28. The third-order valence-electron chi connectivity index (χ3n) is 3.70. The van der Waals surface area contributed by atoms with E-state index in [1.54, 1.807) is 12.1 Å². The van der Waals surface area contributed by atoms with Crippen molar-refractivity contribution in [2.45, 2.75) is 57.5 Å². The van der Waals surface area contributed by atoms with Gasteiger partial charge in [0.25, 0.3) is 0 Å². The average molecular weight is 235 g/mol. The molecule has 1 saturated carbocycles. The zero-order chi connectivity index (χ0) is 12.1. The summed E-state index contributed by atoms with van der Waals surface area (Å²) in [4.78, 5) is 0. The highest BCUT2D eigenvalue weighted by Crippen LogP contribution is 2.23. The minimum absolute atomic E-state index is 0.133. The van der Waals surface area contributed by atoms with Crippen LogP contribution in [0.15, 0.2) is 24.3 Å². The minimum atomic E-state index is -0.133.